The normalized spacial score (nSPS) is 11.7. The Bertz CT molecular complexity index is 628. The summed E-state index contributed by atoms with van der Waals surface area (Å²) in [4.78, 5) is 10.7. The molecule has 0 aliphatic heterocycles. The molecule has 3 N–H and O–H groups in total. The standard InChI is InChI=1S/C17H19NO4/c1-21-16-9-13(14(18)10-17(19)20)7-8-15(16)22-11-12-5-3-2-4-6-12/h2-9,14H,10-11,18H2,1H3,(H,19,20)/t14-/m1/s1. The first-order valence-corrected chi connectivity index (χ1v) is 6.92. The maximum absolute atomic E-state index is 10.7. The second-order valence-corrected chi connectivity index (χ2v) is 4.89. The van der Waals surface area contributed by atoms with E-state index in [1.807, 2.05) is 30.3 Å². The molecule has 0 spiro atoms. The molecule has 22 heavy (non-hydrogen) atoms. The Hall–Kier alpha value is -2.53. The zero-order valence-electron chi connectivity index (χ0n) is 12.4. The van der Waals surface area contributed by atoms with E-state index in [9.17, 15) is 4.79 Å². The first kappa shape index (κ1) is 15.9. The molecule has 0 heterocycles. The fourth-order valence-corrected chi connectivity index (χ4v) is 2.08. The van der Waals surface area contributed by atoms with Crippen LogP contribution in [0, 0.1) is 0 Å². The molecule has 2 aromatic carbocycles. The van der Waals surface area contributed by atoms with Crippen molar-refractivity contribution in [3.63, 3.8) is 0 Å². The van der Waals surface area contributed by atoms with E-state index >= 15 is 0 Å². The number of hydrogen-bond acceptors (Lipinski definition) is 4. The van der Waals surface area contributed by atoms with Crippen molar-refractivity contribution in [2.24, 2.45) is 5.73 Å². The summed E-state index contributed by atoms with van der Waals surface area (Å²) in [6.07, 6.45) is -0.132. The lowest BCUT2D eigenvalue weighted by Crippen LogP contribution is -2.15. The van der Waals surface area contributed by atoms with Crippen LogP contribution in [0.15, 0.2) is 48.5 Å². The van der Waals surface area contributed by atoms with Crippen LogP contribution in [0.4, 0.5) is 0 Å². The van der Waals surface area contributed by atoms with Crippen molar-refractivity contribution in [1.29, 1.82) is 0 Å². The van der Waals surface area contributed by atoms with Gasteiger partial charge in [-0.05, 0) is 23.3 Å². The van der Waals surface area contributed by atoms with Gasteiger partial charge in [0.05, 0.1) is 13.5 Å². The monoisotopic (exact) mass is 301 g/mol. The summed E-state index contributed by atoms with van der Waals surface area (Å²) in [5, 5.41) is 8.80. The highest BCUT2D eigenvalue weighted by molar-refractivity contribution is 5.68. The molecular formula is C17H19NO4. The predicted octanol–water partition coefficient (Wildman–Crippen LogP) is 2.75. The van der Waals surface area contributed by atoms with Gasteiger partial charge in [0.25, 0.3) is 0 Å². The maximum Gasteiger partial charge on any atom is 0.305 e. The van der Waals surface area contributed by atoms with E-state index in [0.29, 0.717) is 23.7 Å². The molecule has 0 aliphatic carbocycles. The molecule has 2 aromatic rings. The molecule has 5 heteroatoms. The summed E-state index contributed by atoms with van der Waals surface area (Å²) in [5.74, 6) is 0.197. The lowest BCUT2D eigenvalue weighted by atomic mass is 10.0. The second-order valence-electron chi connectivity index (χ2n) is 4.89. The Morgan fingerprint density at radius 3 is 2.55 bits per heavy atom. The molecule has 2 rings (SSSR count). The number of aliphatic carboxylic acids is 1. The summed E-state index contributed by atoms with van der Waals surface area (Å²) < 4.78 is 11.0. The third-order valence-corrected chi connectivity index (χ3v) is 3.25. The maximum atomic E-state index is 10.7. The van der Waals surface area contributed by atoms with Crippen LogP contribution in [-0.2, 0) is 11.4 Å². The highest BCUT2D eigenvalue weighted by Gasteiger charge is 2.14. The Balaban J connectivity index is 2.10. The number of benzene rings is 2. The molecule has 5 nitrogen and oxygen atoms in total. The van der Waals surface area contributed by atoms with Crippen LogP contribution < -0.4 is 15.2 Å². The predicted molar refractivity (Wildman–Crippen MR) is 82.9 cm³/mol. The van der Waals surface area contributed by atoms with Gasteiger partial charge in [-0.3, -0.25) is 4.79 Å². The number of methoxy groups -OCH3 is 1. The molecule has 0 unspecified atom stereocenters. The van der Waals surface area contributed by atoms with Gasteiger partial charge in [0.15, 0.2) is 11.5 Å². The van der Waals surface area contributed by atoms with Gasteiger partial charge in [0.2, 0.25) is 0 Å². The number of carboxylic acid groups (broad SMARTS) is 1. The second kappa shape index (κ2) is 7.47. The molecule has 0 saturated carbocycles. The SMILES string of the molecule is COc1cc([C@H](N)CC(=O)O)ccc1OCc1ccccc1. The Morgan fingerprint density at radius 1 is 1.18 bits per heavy atom. The zero-order valence-corrected chi connectivity index (χ0v) is 12.4. The number of hydrogen-bond donors (Lipinski definition) is 2. The number of ether oxygens (including phenoxy) is 2. The fourth-order valence-electron chi connectivity index (χ4n) is 2.08. The number of carboxylic acids is 1. The molecule has 116 valence electrons. The third-order valence-electron chi connectivity index (χ3n) is 3.25. The van der Waals surface area contributed by atoms with E-state index in [1.54, 1.807) is 18.2 Å². The number of nitrogens with two attached hydrogens (primary N) is 1. The Labute approximate surface area is 129 Å². The first-order valence-electron chi connectivity index (χ1n) is 6.92. The molecular weight excluding hydrogens is 282 g/mol. The van der Waals surface area contributed by atoms with Crippen LogP contribution in [0.3, 0.4) is 0 Å². The summed E-state index contributed by atoms with van der Waals surface area (Å²) in [7, 11) is 1.54. The van der Waals surface area contributed by atoms with Crippen molar-refractivity contribution in [3.8, 4) is 11.5 Å². The van der Waals surface area contributed by atoms with E-state index in [4.69, 9.17) is 20.3 Å². The number of rotatable bonds is 7. The average Bonchev–Trinajstić information content (AvgIpc) is 2.53. The van der Waals surface area contributed by atoms with Crippen molar-refractivity contribution in [2.45, 2.75) is 19.1 Å². The fraction of sp³-hybridized carbons (Fsp3) is 0.235. The van der Waals surface area contributed by atoms with Crippen molar-refractivity contribution in [1.82, 2.24) is 0 Å². The van der Waals surface area contributed by atoms with Gasteiger partial charge < -0.3 is 20.3 Å². The summed E-state index contributed by atoms with van der Waals surface area (Å²) in [5.41, 5.74) is 7.61. The van der Waals surface area contributed by atoms with Gasteiger partial charge in [-0.1, -0.05) is 36.4 Å². The van der Waals surface area contributed by atoms with Crippen LogP contribution >= 0.6 is 0 Å². The minimum atomic E-state index is -0.934. The summed E-state index contributed by atoms with van der Waals surface area (Å²) in [6.45, 7) is 0.428. The van der Waals surface area contributed by atoms with Crippen LogP contribution in [0.2, 0.25) is 0 Å². The van der Waals surface area contributed by atoms with E-state index in [-0.39, 0.29) is 6.42 Å². The smallest absolute Gasteiger partial charge is 0.305 e. The highest BCUT2D eigenvalue weighted by Crippen LogP contribution is 2.31. The molecule has 0 amide bonds. The van der Waals surface area contributed by atoms with Crippen LogP contribution in [0.25, 0.3) is 0 Å². The van der Waals surface area contributed by atoms with Crippen LogP contribution in [-0.4, -0.2) is 18.2 Å². The molecule has 0 saturated heterocycles. The number of carbonyl (C=O) groups is 1. The van der Waals surface area contributed by atoms with Crippen LogP contribution in [0.5, 0.6) is 11.5 Å². The summed E-state index contributed by atoms with van der Waals surface area (Å²) in [6, 6.07) is 14.4. The van der Waals surface area contributed by atoms with Gasteiger partial charge in [0, 0.05) is 6.04 Å². The molecule has 0 aliphatic rings. The summed E-state index contributed by atoms with van der Waals surface area (Å²) >= 11 is 0. The minimum Gasteiger partial charge on any atom is -0.493 e. The van der Waals surface area contributed by atoms with Gasteiger partial charge in [0.1, 0.15) is 6.61 Å². The van der Waals surface area contributed by atoms with Crippen LogP contribution in [0.1, 0.15) is 23.6 Å². The Kier molecular flexibility index (Phi) is 5.38. The van der Waals surface area contributed by atoms with E-state index < -0.39 is 12.0 Å². The molecule has 0 bridgehead atoms. The third kappa shape index (κ3) is 4.23. The Morgan fingerprint density at radius 2 is 1.91 bits per heavy atom. The van der Waals surface area contributed by atoms with Crippen molar-refractivity contribution in [3.05, 3.63) is 59.7 Å². The molecule has 0 radical (unpaired) electrons. The molecule has 1 atom stereocenters. The van der Waals surface area contributed by atoms with E-state index in [1.165, 1.54) is 7.11 Å². The van der Waals surface area contributed by atoms with Gasteiger partial charge in [-0.15, -0.1) is 0 Å². The highest BCUT2D eigenvalue weighted by atomic mass is 16.5. The zero-order chi connectivity index (χ0) is 15.9. The largest absolute Gasteiger partial charge is 0.493 e. The van der Waals surface area contributed by atoms with E-state index in [2.05, 4.69) is 0 Å². The lowest BCUT2D eigenvalue weighted by Gasteiger charge is -2.15. The topological polar surface area (TPSA) is 81.8 Å². The van der Waals surface area contributed by atoms with Gasteiger partial charge in [-0.25, -0.2) is 0 Å². The van der Waals surface area contributed by atoms with Gasteiger partial charge in [-0.2, -0.15) is 0 Å². The molecule has 0 fully saturated rings. The van der Waals surface area contributed by atoms with E-state index in [0.717, 1.165) is 5.56 Å². The lowest BCUT2D eigenvalue weighted by molar-refractivity contribution is -0.137. The van der Waals surface area contributed by atoms with Crippen molar-refractivity contribution in [2.75, 3.05) is 7.11 Å². The first-order chi connectivity index (χ1) is 10.6. The quantitative estimate of drug-likeness (QED) is 0.821. The minimum absolute atomic E-state index is 0.132. The average molecular weight is 301 g/mol. The van der Waals surface area contributed by atoms with Crippen molar-refractivity contribution >= 4 is 5.97 Å². The van der Waals surface area contributed by atoms with Gasteiger partial charge >= 0.3 is 5.97 Å². The molecule has 0 aromatic heterocycles. The van der Waals surface area contributed by atoms with Crippen molar-refractivity contribution < 1.29 is 19.4 Å².